The van der Waals surface area contributed by atoms with Crippen LogP contribution >= 0.6 is 0 Å². The van der Waals surface area contributed by atoms with Gasteiger partial charge in [-0.25, -0.2) is 4.39 Å². The third kappa shape index (κ3) is 4.03. The van der Waals surface area contributed by atoms with Crippen LogP contribution in [0.15, 0.2) is 18.2 Å². The number of benzene rings is 1. The van der Waals surface area contributed by atoms with Crippen LogP contribution in [0.2, 0.25) is 0 Å². The number of halogens is 1. The zero-order valence-electron chi connectivity index (χ0n) is 12.3. The fourth-order valence-corrected chi connectivity index (χ4v) is 2.13. The minimum Gasteiger partial charge on any atom is -0.350 e. The molecule has 1 rings (SSSR count). The van der Waals surface area contributed by atoms with Crippen LogP contribution in [-0.2, 0) is 0 Å². The lowest BCUT2D eigenvalue weighted by Gasteiger charge is -2.28. The van der Waals surface area contributed by atoms with Gasteiger partial charge in [0.05, 0.1) is 5.56 Å². The zero-order valence-corrected chi connectivity index (χ0v) is 12.3. The van der Waals surface area contributed by atoms with E-state index in [1.807, 2.05) is 14.1 Å². The molecule has 0 heterocycles. The first-order valence-electron chi connectivity index (χ1n) is 6.54. The number of nitrogens with zero attached hydrogens (tertiary/aromatic N) is 1. The number of carbonyl (C=O) groups excluding carboxylic acids is 1. The van der Waals surface area contributed by atoms with Crippen LogP contribution in [0.5, 0.6) is 0 Å². The van der Waals surface area contributed by atoms with E-state index in [0.29, 0.717) is 18.0 Å². The number of amides is 1. The number of likely N-dealkylation sites (N-methyl/N-ethyl adjacent to an activating group) is 1. The molecular formula is C15H23FN2O. The molecule has 0 aliphatic rings. The fraction of sp³-hybridized carbons (Fsp3) is 0.533. The predicted molar refractivity (Wildman–Crippen MR) is 75.8 cm³/mol. The number of hydrogen-bond donors (Lipinski definition) is 1. The summed E-state index contributed by atoms with van der Waals surface area (Å²) >= 11 is 0. The van der Waals surface area contributed by atoms with E-state index in [2.05, 4.69) is 24.1 Å². The minimum atomic E-state index is -0.439. The van der Waals surface area contributed by atoms with Crippen molar-refractivity contribution in [3.8, 4) is 0 Å². The van der Waals surface area contributed by atoms with E-state index in [4.69, 9.17) is 0 Å². The Morgan fingerprint density at radius 1 is 1.37 bits per heavy atom. The third-order valence-electron chi connectivity index (χ3n) is 3.34. The van der Waals surface area contributed by atoms with Gasteiger partial charge in [0.25, 0.3) is 5.91 Å². The molecule has 0 saturated carbocycles. The Morgan fingerprint density at radius 2 is 2.00 bits per heavy atom. The number of nitrogens with one attached hydrogen (secondary N) is 1. The summed E-state index contributed by atoms with van der Waals surface area (Å²) < 4.78 is 13.8. The smallest absolute Gasteiger partial charge is 0.254 e. The average molecular weight is 266 g/mol. The van der Waals surface area contributed by atoms with Crippen LogP contribution in [0.4, 0.5) is 4.39 Å². The Hall–Kier alpha value is -1.42. The molecule has 3 nitrogen and oxygen atoms in total. The molecule has 0 aliphatic heterocycles. The second-order valence-electron chi connectivity index (χ2n) is 5.42. The Morgan fingerprint density at radius 3 is 2.53 bits per heavy atom. The van der Waals surface area contributed by atoms with Crippen LogP contribution in [-0.4, -0.2) is 37.5 Å². The van der Waals surface area contributed by atoms with Gasteiger partial charge in [0.15, 0.2) is 0 Å². The second kappa shape index (κ2) is 6.66. The molecule has 4 heteroatoms. The van der Waals surface area contributed by atoms with Crippen molar-refractivity contribution in [1.29, 1.82) is 0 Å². The van der Waals surface area contributed by atoms with Crippen LogP contribution in [0.25, 0.3) is 0 Å². The first kappa shape index (κ1) is 15.6. The average Bonchev–Trinajstić information content (AvgIpc) is 2.31. The summed E-state index contributed by atoms with van der Waals surface area (Å²) in [6, 6.07) is 5.09. The molecule has 0 aromatic heterocycles. The predicted octanol–water partition coefficient (Wildman–Crippen LogP) is 2.45. The van der Waals surface area contributed by atoms with E-state index in [0.717, 1.165) is 0 Å². The van der Waals surface area contributed by atoms with Crippen LogP contribution in [0.1, 0.15) is 29.8 Å². The summed E-state index contributed by atoms with van der Waals surface area (Å²) in [6.45, 7) is 6.37. The molecular weight excluding hydrogens is 243 g/mol. The summed E-state index contributed by atoms with van der Waals surface area (Å²) in [6.07, 6.45) is 0. The van der Waals surface area contributed by atoms with E-state index in [1.165, 1.54) is 6.07 Å². The maximum Gasteiger partial charge on any atom is 0.254 e. The van der Waals surface area contributed by atoms with Crippen molar-refractivity contribution in [3.63, 3.8) is 0 Å². The van der Waals surface area contributed by atoms with Crippen molar-refractivity contribution in [2.24, 2.45) is 5.92 Å². The summed E-state index contributed by atoms with van der Waals surface area (Å²) in [7, 11) is 3.95. The molecule has 1 atom stereocenters. The first-order chi connectivity index (χ1) is 8.84. The number of carbonyl (C=O) groups is 1. The van der Waals surface area contributed by atoms with Crippen molar-refractivity contribution in [1.82, 2.24) is 10.2 Å². The highest BCUT2D eigenvalue weighted by molar-refractivity contribution is 5.94. The molecule has 1 N–H and O–H groups in total. The van der Waals surface area contributed by atoms with Crippen molar-refractivity contribution >= 4 is 5.91 Å². The standard InChI is InChI=1S/C15H23FN2O/c1-10(2)13(18(4)5)9-17-15(19)12-8-6-7-11(3)14(12)16/h6-8,10,13H,9H2,1-5H3,(H,17,19). The van der Waals surface area contributed by atoms with Gasteiger partial charge >= 0.3 is 0 Å². The molecule has 0 radical (unpaired) electrons. The first-order valence-corrected chi connectivity index (χ1v) is 6.54. The largest absolute Gasteiger partial charge is 0.350 e. The second-order valence-corrected chi connectivity index (χ2v) is 5.42. The summed E-state index contributed by atoms with van der Waals surface area (Å²) in [5.74, 6) is -0.377. The molecule has 1 unspecified atom stereocenters. The number of aryl methyl sites for hydroxylation is 1. The summed E-state index contributed by atoms with van der Waals surface area (Å²) in [4.78, 5) is 14.1. The highest BCUT2D eigenvalue weighted by Crippen LogP contribution is 2.12. The molecule has 0 spiro atoms. The number of hydrogen-bond acceptors (Lipinski definition) is 2. The van der Waals surface area contributed by atoms with Crippen molar-refractivity contribution in [2.45, 2.75) is 26.8 Å². The maximum absolute atomic E-state index is 13.8. The lowest BCUT2D eigenvalue weighted by molar-refractivity contribution is 0.0930. The van der Waals surface area contributed by atoms with Gasteiger partial charge in [-0.15, -0.1) is 0 Å². The Balaban J connectivity index is 2.72. The topological polar surface area (TPSA) is 32.3 Å². The van der Waals surface area contributed by atoms with Gasteiger partial charge in [-0.1, -0.05) is 26.0 Å². The normalized spacial score (nSPS) is 12.8. The van der Waals surface area contributed by atoms with Gasteiger partial charge in [-0.05, 0) is 38.6 Å². The van der Waals surface area contributed by atoms with Crippen LogP contribution < -0.4 is 5.32 Å². The third-order valence-corrected chi connectivity index (χ3v) is 3.34. The quantitative estimate of drug-likeness (QED) is 0.888. The molecule has 106 valence electrons. The van der Waals surface area contributed by atoms with Gasteiger partial charge < -0.3 is 10.2 Å². The monoisotopic (exact) mass is 266 g/mol. The lowest BCUT2D eigenvalue weighted by atomic mass is 10.0. The molecule has 0 fully saturated rings. The van der Waals surface area contributed by atoms with E-state index in [1.54, 1.807) is 19.1 Å². The van der Waals surface area contributed by atoms with E-state index >= 15 is 0 Å². The SMILES string of the molecule is Cc1cccc(C(=O)NCC(C(C)C)N(C)C)c1F. The fourth-order valence-electron chi connectivity index (χ4n) is 2.13. The highest BCUT2D eigenvalue weighted by Gasteiger charge is 2.18. The van der Waals surface area contributed by atoms with Crippen molar-refractivity contribution in [3.05, 3.63) is 35.1 Å². The van der Waals surface area contributed by atoms with E-state index < -0.39 is 5.82 Å². The maximum atomic E-state index is 13.8. The number of rotatable bonds is 5. The van der Waals surface area contributed by atoms with Gasteiger partial charge in [0, 0.05) is 12.6 Å². The van der Waals surface area contributed by atoms with Gasteiger partial charge in [0.2, 0.25) is 0 Å². The van der Waals surface area contributed by atoms with Crippen LogP contribution in [0.3, 0.4) is 0 Å². The zero-order chi connectivity index (χ0) is 14.6. The van der Waals surface area contributed by atoms with Crippen molar-refractivity contribution in [2.75, 3.05) is 20.6 Å². The lowest BCUT2D eigenvalue weighted by Crippen LogP contribution is -2.43. The van der Waals surface area contributed by atoms with Gasteiger partial charge in [-0.3, -0.25) is 4.79 Å². The molecule has 1 aromatic rings. The van der Waals surface area contributed by atoms with E-state index in [-0.39, 0.29) is 17.5 Å². The Kier molecular flexibility index (Phi) is 5.48. The summed E-state index contributed by atoms with van der Waals surface area (Å²) in [5, 5.41) is 2.81. The molecule has 1 amide bonds. The van der Waals surface area contributed by atoms with Gasteiger partial charge in [-0.2, -0.15) is 0 Å². The molecule has 0 saturated heterocycles. The highest BCUT2D eigenvalue weighted by atomic mass is 19.1. The molecule has 1 aromatic carbocycles. The Bertz CT molecular complexity index is 436. The summed E-state index contributed by atoms with van der Waals surface area (Å²) in [5.41, 5.74) is 0.599. The minimum absolute atomic E-state index is 0.112. The molecule has 0 aliphatic carbocycles. The molecule has 19 heavy (non-hydrogen) atoms. The Labute approximate surface area is 114 Å². The van der Waals surface area contributed by atoms with Crippen LogP contribution in [0, 0.1) is 18.7 Å². The van der Waals surface area contributed by atoms with Gasteiger partial charge in [0.1, 0.15) is 5.82 Å². The van der Waals surface area contributed by atoms with E-state index in [9.17, 15) is 9.18 Å². The molecule has 0 bridgehead atoms. The van der Waals surface area contributed by atoms with Crippen molar-refractivity contribution < 1.29 is 9.18 Å².